The molecular formula is C18H29N3O3. The molecule has 1 saturated carbocycles. The minimum atomic E-state index is -0.221. The van der Waals surface area contributed by atoms with E-state index in [0.29, 0.717) is 18.9 Å². The van der Waals surface area contributed by atoms with Crippen LogP contribution in [-0.4, -0.2) is 34.6 Å². The standard InChI is InChI=1S/C18H29N3O3/c1-13(2)17-19-10-12-21(17)11-9-16(22)20-15-8-6-4-5-7-14(15)18(23)24-3/h10,12-15H,4-9,11H2,1-3H3,(H,20,22). The number of imidazole rings is 1. The van der Waals surface area contributed by atoms with Crippen LogP contribution in [0.5, 0.6) is 0 Å². The average Bonchev–Trinajstić information content (AvgIpc) is 2.92. The zero-order chi connectivity index (χ0) is 17.5. The number of aromatic nitrogens is 2. The van der Waals surface area contributed by atoms with Crippen LogP contribution in [0, 0.1) is 5.92 Å². The normalized spacial score (nSPS) is 21.3. The number of nitrogens with zero attached hydrogens (tertiary/aromatic N) is 2. The molecule has 2 unspecified atom stereocenters. The number of hydrogen-bond acceptors (Lipinski definition) is 4. The van der Waals surface area contributed by atoms with Crippen molar-refractivity contribution in [1.82, 2.24) is 14.9 Å². The van der Waals surface area contributed by atoms with E-state index in [4.69, 9.17) is 4.74 Å². The van der Waals surface area contributed by atoms with E-state index in [1.165, 1.54) is 7.11 Å². The van der Waals surface area contributed by atoms with Crippen molar-refractivity contribution in [2.45, 2.75) is 70.9 Å². The van der Waals surface area contributed by atoms with Crippen molar-refractivity contribution in [3.05, 3.63) is 18.2 Å². The van der Waals surface area contributed by atoms with Gasteiger partial charge < -0.3 is 14.6 Å². The minimum absolute atomic E-state index is 0.0146. The number of methoxy groups -OCH3 is 1. The van der Waals surface area contributed by atoms with E-state index < -0.39 is 0 Å². The van der Waals surface area contributed by atoms with Gasteiger partial charge in [0.05, 0.1) is 13.0 Å². The van der Waals surface area contributed by atoms with E-state index in [-0.39, 0.29) is 23.8 Å². The fraction of sp³-hybridized carbons (Fsp3) is 0.722. The van der Waals surface area contributed by atoms with E-state index in [0.717, 1.165) is 37.9 Å². The van der Waals surface area contributed by atoms with Crippen molar-refractivity contribution >= 4 is 11.9 Å². The van der Waals surface area contributed by atoms with E-state index in [1.807, 2.05) is 10.8 Å². The predicted octanol–water partition coefficient (Wildman–Crippen LogP) is 2.63. The first kappa shape index (κ1) is 18.5. The highest BCUT2D eigenvalue weighted by Gasteiger charge is 2.31. The Morgan fingerprint density at radius 2 is 2.08 bits per heavy atom. The average molecular weight is 335 g/mol. The molecule has 1 aliphatic carbocycles. The topological polar surface area (TPSA) is 73.2 Å². The van der Waals surface area contributed by atoms with Crippen LogP contribution in [0.2, 0.25) is 0 Å². The number of nitrogens with one attached hydrogen (secondary N) is 1. The number of carbonyl (C=O) groups excluding carboxylic acids is 2. The summed E-state index contributed by atoms with van der Waals surface area (Å²) in [7, 11) is 1.42. The molecule has 1 aromatic heterocycles. The van der Waals surface area contributed by atoms with Crippen molar-refractivity contribution < 1.29 is 14.3 Å². The third-order valence-electron chi connectivity index (χ3n) is 4.71. The maximum atomic E-state index is 12.4. The Balaban J connectivity index is 1.91. The fourth-order valence-electron chi connectivity index (χ4n) is 3.43. The van der Waals surface area contributed by atoms with E-state index in [9.17, 15) is 9.59 Å². The van der Waals surface area contributed by atoms with Gasteiger partial charge in [0.15, 0.2) is 0 Å². The molecule has 24 heavy (non-hydrogen) atoms. The largest absolute Gasteiger partial charge is 0.469 e. The lowest BCUT2D eigenvalue weighted by Crippen LogP contribution is -2.43. The van der Waals surface area contributed by atoms with Gasteiger partial charge in [-0.15, -0.1) is 0 Å². The molecule has 134 valence electrons. The molecular weight excluding hydrogens is 306 g/mol. The Kier molecular flexibility index (Phi) is 6.82. The van der Waals surface area contributed by atoms with Gasteiger partial charge in [0.1, 0.15) is 5.82 Å². The summed E-state index contributed by atoms with van der Waals surface area (Å²) in [5.41, 5.74) is 0. The summed E-state index contributed by atoms with van der Waals surface area (Å²) in [5, 5.41) is 3.06. The van der Waals surface area contributed by atoms with Crippen LogP contribution < -0.4 is 5.32 Å². The van der Waals surface area contributed by atoms with Crippen LogP contribution in [0.4, 0.5) is 0 Å². The van der Waals surface area contributed by atoms with Gasteiger partial charge in [-0.2, -0.15) is 0 Å². The number of esters is 1. The Hall–Kier alpha value is -1.85. The highest BCUT2D eigenvalue weighted by molar-refractivity contribution is 5.78. The molecule has 0 spiro atoms. The Morgan fingerprint density at radius 3 is 2.79 bits per heavy atom. The van der Waals surface area contributed by atoms with Gasteiger partial charge in [-0.3, -0.25) is 9.59 Å². The molecule has 0 bridgehead atoms. The summed E-state index contributed by atoms with van der Waals surface area (Å²) in [4.78, 5) is 28.7. The van der Waals surface area contributed by atoms with E-state index in [2.05, 4.69) is 24.1 Å². The lowest BCUT2D eigenvalue weighted by molar-refractivity contribution is -0.147. The first-order valence-corrected chi connectivity index (χ1v) is 8.91. The molecule has 6 heteroatoms. The van der Waals surface area contributed by atoms with E-state index in [1.54, 1.807) is 6.20 Å². The van der Waals surface area contributed by atoms with Gasteiger partial charge in [0.2, 0.25) is 5.91 Å². The van der Waals surface area contributed by atoms with Crippen LogP contribution >= 0.6 is 0 Å². The van der Waals surface area contributed by atoms with Gasteiger partial charge in [0.25, 0.3) is 0 Å². The van der Waals surface area contributed by atoms with Crippen molar-refractivity contribution in [2.75, 3.05) is 7.11 Å². The first-order valence-electron chi connectivity index (χ1n) is 8.91. The van der Waals surface area contributed by atoms with Gasteiger partial charge in [0, 0.05) is 37.3 Å². The van der Waals surface area contributed by atoms with Gasteiger partial charge >= 0.3 is 5.97 Å². The number of hydrogen-bond donors (Lipinski definition) is 1. The number of amides is 1. The van der Waals surface area contributed by atoms with Crippen molar-refractivity contribution in [1.29, 1.82) is 0 Å². The van der Waals surface area contributed by atoms with Gasteiger partial charge in [-0.1, -0.05) is 33.1 Å². The summed E-state index contributed by atoms with van der Waals surface area (Å²) < 4.78 is 6.94. The second-order valence-electron chi connectivity index (χ2n) is 6.83. The Morgan fingerprint density at radius 1 is 1.33 bits per heavy atom. The van der Waals surface area contributed by atoms with Crippen LogP contribution in [0.1, 0.15) is 64.1 Å². The van der Waals surface area contributed by atoms with Crippen molar-refractivity contribution in [3.63, 3.8) is 0 Å². The minimum Gasteiger partial charge on any atom is -0.469 e. The van der Waals surface area contributed by atoms with Gasteiger partial charge in [-0.05, 0) is 12.8 Å². The summed E-state index contributed by atoms with van der Waals surface area (Å²) in [6, 6.07) is -0.111. The molecule has 2 atom stereocenters. The lowest BCUT2D eigenvalue weighted by atomic mass is 9.94. The van der Waals surface area contributed by atoms with Crippen molar-refractivity contribution in [3.8, 4) is 0 Å². The zero-order valence-electron chi connectivity index (χ0n) is 15.0. The Bertz CT molecular complexity index is 553. The maximum absolute atomic E-state index is 12.4. The molecule has 1 heterocycles. The van der Waals surface area contributed by atoms with Crippen LogP contribution in [0.25, 0.3) is 0 Å². The number of aryl methyl sites for hydroxylation is 1. The fourth-order valence-corrected chi connectivity index (χ4v) is 3.43. The Labute approximate surface area is 144 Å². The van der Waals surface area contributed by atoms with E-state index >= 15 is 0 Å². The third-order valence-corrected chi connectivity index (χ3v) is 4.71. The molecule has 1 N–H and O–H groups in total. The SMILES string of the molecule is COC(=O)C1CCCCCC1NC(=O)CCn1ccnc1C(C)C. The second kappa shape index (κ2) is 8.85. The molecule has 0 aromatic carbocycles. The lowest BCUT2D eigenvalue weighted by Gasteiger charge is -2.24. The molecule has 0 radical (unpaired) electrons. The van der Waals surface area contributed by atoms with Crippen LogP contribution in [-0.2, 0) is 20.9 Å². The quantitative estimate of drug-likeness (QED) is 0.641. The summed E-state index contributed by atoms with van der Waals surface area (Å²) in [6.45, 7) is 4.78. The zero-order valence-corrected chi connectivity index (χ0v) is 15.0. The molecule has 0 saturated heterocycles. The summed E-state index contributed by atoms with van der Waals surface area (Å²) in [5.74, 6) is 0.873. The van der Waals surface area contributed by atoms with Crippen LogP contribution in [0.15, 0.2) is 12.4 Å². The molecule has 6 nitrogen and oxygen atoms in total. The molecule has 1 amide bonds. The monoisotopic (exact) mass is 335 g/mol. The number of ether oxygens (including phenoxy) is 1. The predicted molar refractivity (Wildman–Crippen MR) is 91.5 cm³/mol. The highest BCUT2D eigenvalue weighted by atomic mass is 16.5. The number of carbonyl (C=O) groups is 2. The van der Waals surface area contributed by atoms with Crippen LogP contribution in [0.3, 0.4) is 0 Å². The summed E-state index contributed by atoms with van der Waals surface area (Å²) >= 11 is 0. The highest BCUT2D eigenvalue weighted by Crippen LogP contribution is 2.24. The summed E-state index contributed by atoms with van der Waals surface area (Å²) in [6.07, 6.45) is 8.85. The molecule has 1 fully saturated rings. The third kappa shape index (κ3) is 4.82. The molecule has 2 rings (SSSR count). The van der Waals surface area contributed by atoms with Gasteiger partial charge in [-0.25, -0.2) is 4.98 Å². The molecule has 0 aliphatic heterocycles. The number of rotatable bonds is 6. The van der Waals surface area contributed by atoms with Crippen molar-refractivity contribution in [2.24, 2.45) is 5.92 Å². The molecule has 1 aliphatic rings. The molecule has 1 aromatic rings. The second-order valence-corrected chi connectivity index (χ2v) is 6.83. The smallest absolute Gasteiger partial charge is 0.310 e. The maximum Gasteiger partial charge on any atom is 0.310 e. The first-order chi connectivity index (χ1) is 11.5.